The number of sulfone groups is 1. The average Bonchev–Trinajstić information content (AvgIpc) is 3.35. The zero-order valence-corrected chi connectivity index (χ0v) is 17.7. The molecule has 1 amide bonds. The molecule has 1 aliphatic carbocycles. The van der Waals surface area contributed by atoms with Gasteiger partial charge in [-0.05, 0) is 81.3 Å². The standard InChI is InChI=1S/C21H28N4O4S/c22-20(26)21(9-7-16-8-11-23-10-1-2-19(16)21)30(27,28)18-5-3-17(4-6-18)29-14-15-12-24-25-13-15/h3-6,12-13,16,19,23H,1-2,7-11,14H2,(H2,22,26)(H,24,25). The van der Waals surface area contributed by atoms with E-state index in [1.54, 1.807) is 24.5 Å². The molecule has 2 fully saturated rings. The highest BCUT2D eigenvalue weighted by Gasteiger charge is 2.60. The van der Waals surface area contributed by atoms with Crippen LogP contribution < -0.4 is 15.8 Å². The number of H-pyrrole nitrogens is 1. The number of amides is 1. The number of aromatic amines is 1. The van der Waals surface area contributed by atoms with E-state index in [1.807, 2.05) is 0 Å². The molecule has 1 aromatic carbocycles. The van der Waals surface area contributed by atoms with Gasteiger partial charge in [-0.2, -0.15) is 5.10 Å². The number of carbonyl (C=O) groups excluding carboxylic acids is 1. The van der Waals surface area contributed by atoms with Crippen molar-refractivity contribution in [2.45, 2.75) is 48.4 Å². The van der Waals surface area contributed by atoms with E-state index in [4.69, 9.17) is 10.5 Å². The summed E-state index contributed by atoms with van der Waals surface area (Å²) in [6, 6.07) is 6.28. The van der Waals surface area contributed by atoms with E-state index in [0.717, 1.165) is 31.5 Å². The van der Waals surface area contributed by atoms with Gasteiger partial charge >= 0.3 is 0 Å². The highest BCUT2D eigenvalue weighted by Crippen LogP contribution is 2.51. The van der Waals surface area contributed by atoms with Crippen molar-refractivity contribution in [1.29, 1.82) is 0 Å². The summed E-state index contributed by atoms with van der Waals surface area (Å²) in [7, 11) is -3.94. The van der Waals surface area contributed by atoms with Gasteiger partial charge in [0.25, 0.3) is 0 Å². The highest BCUT2D eigenvalue weighted by atomic mass is 32.2. The molecule has 9 heteroatoms. The van der Waals surface area contributed by atoms with E-state index in [9.17, 15) is 13.2 Å². The van der Waals surface area contributed by atoms with Gasteiger partial charge in [0.15, 0.2) is 14.6 Å². The SMILES string of the molecule is NC(=O)C1(S(=O)(=O)c2ccc(OCc3cn[nH]c3)cc2)CCC2CCNCCCC21. The van der Waals surface area contributed by atoms with Gasteiger partial charge in [-0.25, -0.2) is 8.42 Å². The predicted molar refractivity (Wildman–Crippen MR) is 111 cm³/mol. The first-order chi connectivity index (χ1) is 14.4. The number of benzene rings is 1. The molecule has 30 heavy (non-hydrogen) atoms. The van der Waals surface area contributed by atoms with Crippen LogP contribution in [-0.2, 0) is 21.2 Å². The second kappa shape index (κ2) is 8.39. The summed E-state index contributed by atoms with van der Waals surface area (Å²) in [4.78, 5) is 12.8. The zero-order valence-electron chi connectivity index (χ0n) is 16.8. The van der Waals surface area contributed by atoms with Crippen molar-refractivity contribution in [3.8, 4) is 5.75 Å². The molecule has 3 unspecified atom stereocenters. The molecule has 4 N–H and O–H groups in total. The number of hydrogen-bond donors (Lipinski definition) is 3. The number of fused-ring (bicyclic) bond motifs is 1. The van der Waals surface area contributed by atoms with Crippen LogP contribution in [0.3, 0.4) is 0 Å². The third-order valence-electron chi connectivity index (χ3n) is 6.61. The number of ether oxygens (including phenoxy) is 1. The van der Waals surface area contributed by atoms with Gasteiger partial charge in [-0.1, -0.05) is 0 Å². The van der Waals surface area contributed by atoms with E-state index in [-0.39, 0.29) is 16.7 Å². The van der Waals surface area contributed by atoms with Crippen molar-refractivity contribution in [3.63, 3.8) is 0 Å². The number of nitrogens with zero attached hydrogens (tertiary/aromatic N) is 1. The Morgan fingerprint density at radius 2 is 2.00 bits per heavy atom. The van der Waals surface area contributed by atoms with Crippen LogP contribution in [-0.4, -0.2) is 42.4 Å². The van der Waals surface area contributed by atoms with Gasteiger partial charge in [0.2, 0.25) is 5.91 Å². The van der Waals surface area contributed by atoms with Gasteiger partial charge < -0.3 is 15.8 Å². The van der Waals surface area contributed by atoms with Gasteiger partial charge in [-0.3, -0.25) is 9.89 Å². The number of hydrogen-bond acceptors (Lipinski definition) is 6. The van der Waals surface area contributed by atoms with Gasteiger partial charge in [0.05, 0.1) is 11.1 Å². The minimum absolute atomic E-state index is 0.123. The van der Waals surface area contributed by atoms with Crippen molar-refractivity contribution in [1.82, 2.24) is 15.5 Å². The van der Waals surface area contributed by atoms with Crippen LogP contribution in [0.2, 0.25) is 0 Å². The van der Waals surface area contributed by atoms with Crippen LogP contribution in [0.15, 0.2) is 41.6 Å². The second-order valence-electron chi connectivity index (χ2n) is 8.21. The van der Waals surface area contributed by atoms with E-state index in [0.29, 0.717) is 31.6 Å². The van der Waals surface area contributed by atoms with Crippen molar-refractivity contribution in [2.75, 3.05) is 13.1 Å². The number of primary amides is 1. The lowest BCUT2D eigenvalue weighted by Gasteiger charge is -2.35. The first-order valence-corrected chi connectivity index (χ1v) is 11.9. The molecule has 2 aromatic rings. The number of carbonyl (C=O) groups is 1. The molecule has 0 radical (unpaired) electrons. The molecular formula is C21H28N4O4S. The molecule has 162 valence electrons. The van der Waals surface area contributed by atoms with Crippen molar-refractivity contribution in [2.24, 2.45) is 17.6 Å². The largest absolute Gasteiger partial charge is 0.489 e. The molecule has 4 rings (SSSR count). The number of rotatable bonds is 6. The molecule has 8 nitrogen and oxygen atoms in total. The second-order valence-corrected chi connectivity index (χ2v) is 10.4. The van der Waals surface area contributed by atoms with Gasteiger partial charge in [-0.15, -0.1) is 0 Å². The Balaban J connectivity index is 1.60. The molecule has 1 saturated heterocycles. The van der Waals surface area contributed by atoms with Crippen LogP contribution in [0.25, 0.3) is 0 Å². The maximum atomic E-state index is 13.7. The molecule has 0 bridgehead atoms. The maximum Gasteiger partial charge on any atom is 0.239 e. The Morgan fingerprint density at radius 1 is 1.20 bits per heavy atom. The summed E-state index contributed by atoms with van der Waals surface area (Å²) in [5.41, 5.74) is 6.70. The van der Waals surface area contributed by atoms with Gasteiger partial charge in [0, 0.05) is 11.8 Å². The Morgan fingerprint density at radius 3 is 2.70 bits per heavy atom. The molecule has 0 spiro atoms. The first kappa shape index (κ1) is 20.9. The Bertz CT molecular complexity index is 975. The third-order valence-corrected chi connectivity index (χ3v) is 9.17. The summed E-state index contributed by atoms with van der Waals surface area (Å²) in [6.45, 7) is 2.01. The topological polar surface area (TPSA) is 127 Å². The summed E-state index contributed by atoms with van der Waals surface area (Å²) in [5.74, 6) is -0.217. The molecular weight excluding hydrogens is 404 g/mol. The quantitative estimate of drug-likeness (QED) is 0.639. The van der Waals surface area contributed by atoms with E-state index < -0.39 is 20.5 Å². The fourth-order valence-corrected chi connectivity index (χ4v) is 7.34. The van der Waals surface area contributed by atoms with Crippen LogP contribution in [0.5, 0.6) is 5.75 Å². The Kier molecular flexibility index (Phi) is 5.84. The van der Waals surface area contributed by atoms with E-state index in [1.165, 1.54) is 12.1 Å². The molecule has 1 aliphatic heterocycles. The highest BCUT2D eigenvalue weighted by molar-refractivity contribution is 7.93. The molecule has 2 heterocycles. The summed E-state index contributed by atoms with van der Waals surface area (Å²) in [5, 5.41) is 9.95. The minimum atomic E-state index is -3.94. The molecule has 1 aromatic heterocycles. The fourth-order valence-electron chi connectivity index (χ4n) is 5.06. The fraction of sp³-hybridized carbons (Fsp3) is 0.524. The predicted octanol–water partition coefficient (Wildman–Crippen LogP) is 1.79. The van der Waals surface area contributed by atoms with Crippen molar-refractivity contribution in [3.05, 3.63) is 42.2 Å². The lowest BCUT2D eigenvalue weighted by atomic mass is 9.82. The molecule has 1 saturated carbocycles. The maximum absolute atomic E-state index is 13.7. The van der Waals surface area contributed by atoms with Crippen LogP contribution in [0.1, 0.15) is 37.7 Å². The monoisotopic (exact) mass is 432 g/mol. The summed E-state index contributed by atoms with van der Waals surface area (Å²) < 4.78 is 31.6. The Labute approximate surface area is 176 Å². The van der Waals surface area contributed by atoms with Crippen LogP contribution in [0, 0.1) is 11.8 Å². The van der Waals surface area contributed by atoms with Crippen LogP contribution >= 0.6 is 0 Å². The lowest BCUT2D eigenvalue weighted by molar-refractivity contribution is -0.121. The molecule has 3 atom stereocenters. The van der Waals surface area contributed by atoms with Crippen molar-refractivity contribution < 1.29 is 17.9 Å². The number of nitrogens with one attached hydrogen (secondary N) is 2. The van der Waals surface area contributed by atoms with E-state index in [2.05, 4.69) is 15.5 Å². The average molecular weight is 433 g/mol. The summed E-state index contributed by atoms with van der Waals surface area (Å²) >= 11 is 0. The minimum Gasteiger partial charge on any atom is -0.489 e. The number of aromatic nitrogens is 2. The number of nitrogens with two attached hydrogens (primary N) is 1. The Hall–Kier alpha value is -2.39. The first-order valence-electron chi connectivity index (χ1n) is 10.4. The van der Waals surface area contributed by atoms with Crippen LogP contribution in [0.4, 0.5) is 0 Å². The van der Waals surface area contributed by atoms with E-state index >= 15 is 0 Å². The molecule has 2 aliphatic rings. The third kappa shape index (κ3) is 3.60. The van der Waals surface area contributed by atoms with Crippen molar-refractivity contribution >= 4 is 15.7 Å². The summed E-state index contributed by atoms with van der Waals surface area (Å²) in [6.07, 6.45) is 6.79. The normalized spacial score (nSPS) is 27.1. The zero-order chi connectivity index (χ0) is 21.2. The smallest absolute Gasteiger partial charge is 0.239 e. The lowest BCUT2D eigenvalue weighted by Crippen LogP contribution is -2.54. The van der Waals surface area contributed by atoms with Gasteiger partial charge in [0.1, 0.15) is 12.4 Å².